The lowest BCUT2D eigenvalue weighted by molar-refractivity contribution is -0.159. The van der Waals surface area contributed by atoms with Crippen LogP contribution in [0.1, 0.15) is 6.42 Å². The van der Waals surface area contributed by atoms with Crippen molar-refractivity contribution in [3.63, 3.8) is 0 Å². The van der Waals surface area contributed by atoms with E-state index in [4.69, 9.17) is 24.5 Å². The molecule has 1 unspecified atom stereocenters. The molecule has 1 aromatic heterocycles. The number of nitrogens with zero attached hydrogens (tertiary/aromatic N) is 2. The van der Waals surface area contributed by atoms with Gasteiger partial charge in [-0.3, -0.25) is 0 Å². The van der Waals surface area contributed by atoms with Crippen LogP contribution in [0.5, 0.6) is 5.75 Å². The van der Waals surface area contributed by atoms with Crippen molar-refractivity contribution in [3.05, 3.63) is 49.1 Å². The van der Waals surface area contributed by atoms with Crippen LogP contribution >= 0.6 is 0 Å². The number of aliphatic carboxylic acids is 2. The van der Waals surface area contributed by atoms with Gasteiger partial charge < -0.3 is 29.9 Å². The highest BCUT2D eigenvalue weighted by molar-refractivity contribution is 6.27. The molecule has 0 aliphatic carbocycles. The van der Waals surface area contributed by atoms with E-state index in [9.17, 15) is 5.11 Å². The van der Waals surface area contributed by atoms with Crippen LogP contribution in [-0.4, -0.2) is 62.6 Å². The molecule has 4 N–H and O–H groups in total. The second-order valence-electron chi connectivity index (χ2n) is 5.25. The Balaban J connectivity index is 0.000000487. The van der Waals surface area contributed by atoms with Crippen molar-refractivity contribution in [2.24, 2.45) is 0 Å². The summed E-state index contributed by atoms with van der Waals surface area (Å²) < 4.78 is 7.52. The molecule has 0 radical (unpaired) electrons. The molecule has 0 bridgehead atoms. The summed E-state index contributed by atoms with van der Waals surface area (Å²) in [5, 5.41) is 27.8. The number of nitrogens with one attached hydrogen (secondary N) is 1. The van der Waals surface area contributed by atoms with Crippen molar-refractivity contribution in [1.82, 2.24) is 14.9 Å². The molecule has 0 fully saturated rings. The molecular formula is C17H23N3O6. The van der Waals surface area contributed by atoms with Gasteiger partial charge in [0.2, 0.25) is 0 Å². The summed E-state index contributed by atoms with van der Waals surface area (Å²) in [6, 6.07) is 9.52. The third-order valence-electron chi connectivity index (χ3n) is 3.08. The van der Waals surface area contributed by atoms with E-state index in [-0.39, 0.29) is 0 Å². The van der Waals surface area contributed by atoms with Crippen LogP contribution in [0.3, 0.4) is 0 Å². The van der Waals surface area contributed by atoms with Crippen LogP contribution in [0.2, 0.25) is 0 Å². The standard InChI is InChI=1S/C15H21N3O2.C2H2O4/c19-14(12-20-15-5-2-1-3-6-15)11-16-7-4-9-18-10-8-17-13-18;3-1(4)2(5)6/h1-3,5-6,8,10,13-14,16,19H,4,7,9,11-12H2;(H,3,4)(H,5,6). The molecular weight excluding hydrogens is 342 g/mol. The molecule has 1 atom stereocenters. The highest BCUT2D eigenvalue weighted by atomic mass is 16.5. The second kappa shape index (κ2) is 12.5. The summed E-state index contributed by atoms with van der Waals surface area (Å²) in [6.07, 6.45) is 6.04. The van der Waals surface area contributed by atoms with E-state index in [0.717, 1.165) is 25.3 Å². The van der Waals surface area contributed by atoms with Crippen LogP contribution in [-0.2, 0) is 16.1 Å². The average Bonchev–Trinajstić information content (AvgIpc) is 3.14. The Kier molecular flexibility index (Phi) is 10.1. The quantitative estimate of drug-likeness (QED) is 0.372. The molecule has 142 valence electrons. The Bertz CT molecular complexity index is 621. The second-order valence-corrected chi connectivity index (χ2v) is 5.25. The van der Waals surface area contributed by atoms with Crippen LogP contribution < -0.4 is 10.1 Å². The van der Waals surface area contributed by atoms with Crippen LogP contribution in [0.25, 0.3) is 0 Å². The molecule has 0 saturated carbocycles. The number of ether oxygens (including phenoxy) is 1. The Morgan fingerprint density at radius 1 is 1.19 bits per heavy atom. The summed E-state index contributed by atoms with van der Waals surface area (Å²) >= 11 is 0. The van der Waals surface area contributed by atoms with Crippen molar-refractivity contribution < 1.29 is 29.6 Å². The lowest BCUT2D eigenvalue weighted by Crippen LogP contribution is -2.32. The fourth-order valence-corrected chi connectivity index (χ4v) is 1.84. The number of benzene rings is 1. The van der Waals surface area contributed by atoms with E-state index < -0.39 is 18.0 Å². The maximum Gasteiger partial charge on any atom is 0.414 e. The number of imidazole rings is 1. The number of aliphatic hydroxyl groups is 1. The summed E-state index contributed by atoms with van der Waals surface area (Å²) in [7, 11) is 0. The number of carbonyl (C=O) groups is 2. The molecule has 0 aliphatic rings. The molecule has 2 rings (SSSR count). The summed E-state index contributed by atoms with van der Waals surface area (Å²) in [5.74, 6) is -2.86. The first-order chi connectivity index (χ1) is 12.5. The largest absolute Gasteiger partial charge is 0.491 e. The summed E-state index contributed by atoms with van der Waals surface area (Å²) in [4.78, 5) is 22.2. The number of aryl methyl sites for hydroxylation is 1. The zero-order valence-electron chi connectivity index (χ0n) is 14.2. The number of carboxylic acid groups (broad SMARTS) is 2. The van der Waals surface area contributed by atoms with Gasteiger partial charge in [0.15, 0.2) is 0 Å². The van der Waals surface area contributed by atoms with Gasteiger partial charge in [-0.25, -0.2) is 14.6 Å². The number of hydrogen-bond acceptors (Lipinski definition) is 6. The number of rotatable bonds is 9. The van der Waals surface area contributed by atoms with E-state index in [2.05, 4.69) is 10.3 Å². The Labute approximate surface area is 150 Å². The van der Waals surface area contributed by atoms with Gasteiger partial charge in [-0.1, -0.05) is 18.2 Å². The number of hydrogen-bond donors (Lipinski definition) is 4. The minimum atomic E-state index is -1.82. The first-order valence-electron chi connectivity index (χ1n) is 7.97. The third kappa shape index (κ3) is 10.1. The van der Waals surface area contributed by atoms with Crippen LogP contribution in [0.4, 0.5) is 0 Å². The minimum absolute atomic E-state index is 0.304. The lowest BCUT2D eigenvalue weighted by atomic mass is 10.3. The van der Waals surface area contributed by atoms with Crippen molar-refractivity contribution in [2.75, 3.05) is 19.7 Å². The number of carboxylic acids is 2. The first kappa shape index (κ1) is 21.1. The molecule has 0 aliphatic heterocycles. The minimum Gasteiger partial charge on any atom is -0.491 e. The van der Waals surface area contributed by atoms with Gasteiger partial charge in [-0.05, 0) is 25.1 Å². The third-order valence-corrected chi connectivity index (χ3v) is 3.08. The van der Waals surface area contributed by atoms with E-state index in [1.165, 1.54) is 0 Å². The van der Waals surface area contributed by atoms with Gasteiger partial charge in [0, 0.05) is 25.5 Å². The lowest BCUT2D eigenvalue weighted by Gasteiger charge is -2.13. The van der Waals surface area contributed by atoms with Crippen molar-refractivity contribution >= 4 is 11.9 Å². The van der Waals surface area contributed by atoms with Gasteiger partial charge in [-0.2, -0.15) is 0 Å². The van der Waals surface area contributed by atoms with Crippen LogP contribution in [0, 0.1) is 0 Å². The fraction of sp³-hybridized carbons (Fsp3) is 0.353. The maximum atomic E-state index is 9.79. The van der Waals surface area contributed by atoms with E-state index >= 15 is 0 Å². The van der Waals surface area contributed by atoms with E-state index in [1.807, 2.05) is 47.4 Å². The molecule has 9 nitrogen and oxygen atoms in total. The smallest absolute Gasteiger partial charge is 0.414 e. The molecule has 2 aromatic rings. The van der Waals surface area contributed by atoms with Gasteiger partial charge in [0.1, 0.15) is 18.5 Å². The monoisotopic (exact) mass is 365 g/mol. The average molecular weight is 365 g/mol. The highest BCUT2D eigenvalue weighted by Crippen LogP contribution is 2.08. The number of para-hydroxylation sites is 1. The molecule has 1 heterocycles. The van der Waals surface area contributed by atoms with Crippen molar-refractivity contribution in [2.45, 2.75) is 19.1 Å². The van der Waals surface area contributed by atoms with E-state index in [1.54, 1.807) is 6.20 Å². The van der Waals surface area contributed by atoms with Gasteiger partial charge in [0.05, 0.1) is 6.33 Å². The first-order valence-corrected chi connectivity index (χ1v) is 7.97. The fourth-order valence-electron chi connectivity index (χ4n) is 1.84. The van der Waals surface area contributed by atoms with Crippen LogP contribution in [0.15, 0.2) is 49.1 Å². The zero-order chi connectivity index (χ0) is 19.2. The Morgan fingerprint density at radius 2 is 1.88 bits per heavy atom. The molecule has 1 aromatic carbocycles. The topological polar surface area (TPSA) is 134 Å². The number of aromatic nitrogens is 2. The Morgan fingerprint density at radius 3 is 2.46 bits per heavy atom. The highest BCUT2D eigenvalue weighted by Gasteiger charge is 2.04. The normalized spacial score (nSPS) is 11.1. The predicted octanol–water partition coefficient (Wildman–Crippen LogP) is 0.458. The molecule has 26 heavy (non-hydrogen) atoms. The van der Waals surface area contributed by atoms with Gasteiger partial charge in [0.25, 0.3) is 0 Å². The summed E-state index contributed by atoms with van der Waals surface area (Å²) in [5.41, 5.74) is 0. The zero-order valence-corrected chi connectivity index (χ0v) is 14.2. The summed E-state index contributed by atoms with van der Waals surface area (Å²) in [6.45, 7) is 2.64. The SMILES string of the molecule is O=C(O)C(=O)O.OC(CNCCCn1ccnc1)COc1ccccc1. The molecule has 9 heteroatoms. The Hall–Kier alpha value is -2.91. The maximum absolute atomic E-state index is 9.79. The molecule has 0 amide bonds. The van der Waals surface area contributed by atoms with Gasteiger partial charge in [-0.15, -0.1) is 0 Å². The van der Waals surface area contributed by atoms with Crippen molar-refractivity contribution in [1.29, 1.82) is 0 Å². The van der Waals surface area contributed by atoms with Crippen molar-refractivity contribution in [3.8, 4) is 5.75 Å². The number of aliphatic hydroxyl groups excluding tert-OH is 1. The molecule has 0 saturated heterocycles. The van der Waals surface area contributed by atoms with Gasteiger partial charge >= 0.3 is 11.9 Å². The predicted molar refractivity (Wildman–Crippen MR) is 92.9 cm³/mol. The van der Waals surface area contributed by atoms with E-state index in [0.29, 0.717) is 13.2 Å². The molecule has 0 spiro atoms.